The minimum Gasteiger partial charge on any atom is -0.357 e. The Hall–Kier alpha value is -1.57. The smallest absolute Gasteiger partial charge is 0.129 e. The molecule has 1 aromatic heterocycles. The van der Waals surface area contributed by atoms with Crippen molar-refractivity contribution in [3.05, 3.63) is 36.4 Å². The zero-order valence-electron chi connectivity index (χ0n) is 8.69. The van der Waals surface area contributed by atoms with E-state index in [1.54, 1.807) is 0 Å². The van der Waals surface area contributed by atoms with Crippen molar-refractivity contribution in [2.75, 3.05) is 18.0 Å². The third-order valence-electron chi connectivity index (χ3n) is 3.01. The summed E-state index contributed by atoms with van der Waals surface area (Å²) < 4.78 is 0. The summed E-state index contributed by atoms with van der Waals surface area (Å²) in [6, 6.07) is 12.6. The molecule has 0 spiro atoms. The minimum absolute atomic E-state index is 1.10. The Labute approximate surface area is 89.5 Å². The summed E-state index contributed by atoms with van der Waals surface area (Å²) in [5.41, 5.74) is 1.10. The normalized spacial score (nSPS) is 16.1. The second kappa shape index (κ2) is 3.54. The first-order valence-electron chi connectivity index (χ1n) is 5.54. The van der Waals surface area contributed by atoms with Crippen LogP contribution < -0.4 is 4.90 Å². The van der Waals surface area contributed by atoms with E-state index in [0.717, 1.165) is 24.4 Å². The molecule has 3 rings (SSSR count). The predicted molar refractivity (Wildman–Crippen MR) is 63.2 cm³/mol. The summed E-state index contributed by atoms with van der Waals surface area (Å²) in [5, 5.41) is 1.22. The number of nitrogens with zero attached hydrogens (tertiary/aromatic N) is 2. The lowest BCUT2D eigenvalue weighted by Crippen LogP contribution is -2.18. The largest absolute Gasteiger partial charge is 0.357 e. The van der Waals surface area contributed by atoms with Crippen molar-refractivity contribution in [3.63, 3.8) is 0 Å². The number of hydrogen-bond acceptors (Lipinski definition) is 2. The third-order valence-corrected chi connectivity index (χ3v) is 3.01. The molecule has 0 N–H and O–H groups in total. The van der Waals surface area contributed by atoms with E-state index < -0.39 is 0 Å². The fraction of sp³-hybridized carbons (Fsp3) is 0.308. The van der Waals surface area contributed by atoms with Crippen LogP contribution in [0.2, 0.25) is 0 Å². The zero-order chi connectivity index (χ0) is 10.1. The summed E-state index contributed by atoms with van der Waals surface area (Å²) >= 11 is 0. The summed E-state index contributed by atoms with van der Waals surface area (Å²) in [6.07, 6.45) is 2.60. The van der Waals surface area contributed by atoms with Crippen LogP contribution in [0.3, 0.4) is 0 Å². The van der Waals surface area contributed by atoms with E-state index in [1.165, 1.54) is 18.2 Å². The first-order valence-corrected chi connectivity index (χ1v) is 5.54. The molecule has 2 heteroatoms. The lowest BCUT2D eigenvalue weighted by atomic mass is 10.2. The van der Waals surface area contributed by atoms with Crippen molar-refractivity contribution >= 4 is 16.7 Å². The highest BCUT2D eigenvalue weighted by Gasteiger charge is 2.13. The molecular weight excluding hydrogens is 184 g/mol. The molecule has 76 valence electrons. The second-order valence-corrected chi connectivity index (χ2v) is 4.06. The van der Waals surface area contributed by atoms with E-state index in [-0.39, 0.29) is 0 Å². The maximum atomic E-state index is 4.68. The monoisotopic (exact) mass is 198 g/mol. The van der Waals surface area contributed by atoms with Crippen molar-refractivity contribution in [2.24, 2.45) is 0 Å². The second-order valence-electron chi connectivity index (χ2n) is 4.06. The van der Waals surface area contributed by atoms with Crippen molar-refractivity contribution in [1.82, 2.24) is 4.98 Å². The van der Waals surface area contributed by atoms with Crippen molar-refractivity contribution in [3.8, 4) is 0 Å². The molecule has 15 heavy (non-hydrogen) atoms. The van der Waals surface area contributed by atoms with Gasteiger partial charge >= 0.3 is 0 Å². The Bertz CT molecular complexity index is 473. The van der Waals surface area contributed by atoms with E-state index >= 15 is 0 Å². The molecule has 0 unspecified atom stereocenters. The molecule has 2 heterocycles. The number of hydrogen-bond donors (Lipinski definition) is 0. The van der Waals surface area contributed by atoms with Gasteiger partial charge in [-0.05, 0) is 31.0 Å². The number of benzene rings is 1. The summed E-state index contributed by atoms with van der Waals surface area (Å²) in [6.45, 7) is 2.32. The number of pyridine rings is 1. The molecule has 2 aromatic rings. The van der Waals surface area contributed by atoms with E-state index in [2.05, 4.69) is 40.2 Å². The number of aromatic nitrogens is 1. The van der Waals surface area contributed by atoms with Gasteiger partial charge in [0.05, 0.1) is 5.52 Å². The van der Waals surface area contributed by atoms with Gasteiger partial charge in [-0.3, -0.25) is 0 Å². The molecule has 2 nitrogen and oxygen atoms in total. The van der Waals surface area contributed by atoms with Gasteiger partial charge in [-0.15, -0.1) is 0 Å². The highest BCUT2D eigenvalue weighted by Crippen LogP contribution is 2.21. The fourth-order valence-electron chi connectivity index (χ4n) is 2.18. The molecular formula is C13H14N2. The van der Waals surface area contributed by atoms with Gasteiger partial charge in [0.2, 0.25) is 0 Å². The molecule has 1 aromatic carbocycles. The van der Waals surface area contributed by atoms with Crippen LogP contribution in [0, 0.1) is 0 Å². The average Bonchev–Trinajstić information content (AvgIpc) is 2.82. The van der Waals surface area contributed by atoms with Crippen LogP contribution >= 0.6 is 0 Å². The molecule has 1 saturated heterocycles. The standard InChI is InChI=1S/C13H14N2/c1-2-6-12-11(5-1)7-8-13(14-12)15-9-3-4-10-15/h1-2,5-8H,3-4,9-10H2. The molecule has 0 bridgehead atoms. The highest BCUT2D eigenvalue weighted by atomic mass is 15.2. The van der Waals surface area contributed by atoms with E-state index in [4.69, 9.17) is 0 Å². The number of rotatable bonds is 1. The SMILES string of the molecule is c1ccc2nc(N3CCCC3)ccc2c1. The van der Waals surface area contributed by atoms with Gasteiger partial charge in [0.15, 0.2) is 0 Å². The number of para-hydroxylation sites is 1. The van der Waals surface area contributed by atoms with E-state index in [0.29, 0.717) is 0 Å². The quantitative estimate of drug-likeness (QED) is 0.700. The molecule has 1 aliphatic heterocycles. The van der Waals surface area contributed by atoms with Crippen LogP contribution in [0.4, 0.5) is 5.82 Å². The van der Waals surface area contributed by atoms with E-state index in [9.17, 15) is 0 Å². The number of anilines is 1. The van der Waals surface area contributed by atoms with Crippen LogP contribution in [0.1, 0.15) is 12.8 Å². The first kappa shape index (κ1) is 8.72. The van der Waals surface area contributed by atoms with Gasteiger partial charge in [-0.2, -0.15) is 0 Å². The van der Waals surface area contributed by atoms with Crippen molar-refractivity contribution in [2.45, 2.75) is 12.8 Å². The lowest BCUT2D eigenvalue weighted by molar-refractivity contribution is 0.944. The highest BCUT2D eigenvalue weighted by molar-refractivity contribution is 5.80. The van der Waals surface area contributed by atoms with E-state index in [1.807, 2.05) is 6.07 Å². The van der Waals surface area contributed by atoms with Crippen LogP contribution in [-0.2, 0) is 0 Å². The summed E-state index contributed by atoms with van der Waals surface area (Å²) in [7, 11) is 0. The molecule has 0 saturated carbocycles. The maximum absolute atomic E-state index is 4.68. The Morgan fingerprint density at radius 1 is 0.933 bits per heavy atom. The fourth-order valence-corrected chi connectivity index (χ4v) is 2.18. The first-order chi connectivity index (χ1) is 7.43. The molecule has 0 aliphatic carbocycles. The Kier molecular flexibility index (Phi) is 2.05. The Morgan fingerprint density at radius 2 is 1.73 bits per heavy atom. The minimum atomic E-state index is 1.10. The van der Waals surface area contributed by atoms with Crippen LogP contribution in [0.15, 0.2) is 36.4 Å². The van der Waals surface area contributed by atoms with Crippen molar-refractivity contribution in [1.29, 1.82) is 0 Å². The van der Waals surface area contributed by atoms with Gasteiger partial charge in [-0.25, -0.2) is 4.98 Å². The van der Waals surface area contributed by atoms with Crippen LogP contribution in [0.5, 0.6) is 0 Å². The molecule has 0 radical (unpaired) electrons. The lowest BCUT2D eigenvalue weighted by Gasteiger charge is -2.16. The third kappa shape index (κ3) is 1.56. The Balaban J connectivity index is 2.05. The summed E-state index contributed by atoms with van der Waals surface area (Å²) in [4.78, 5) is 7.05. The predicted octanol–water partition coefficient (Wildman–Crippen LogP) is 2.84. The molecule has 0 atom stereocenters. The van der Waals surface area contributed by atoms with Gasteiger partial charge in [0.25, 0.3) is 0 Å². The van der Waals surface area contributed by atoms with Crippen LogP contribution in [-0.4, -0.2) is 18.1 Å². The van der Waals surface area contributed by atoms with Gasteiger partial charge in [0.1, 0.15) is 5.82 Å². The zero-order valence-corrected chi connectivity index (χ0v) is 8.69. The van der Waals surface area contributed by atoms with Crippen molar-refractivity contribution < 1.29 is 0 Å². The number of fused-ring (bicyclic) bond motifs is 1. The maximum Gasteiger partial charge on any atom is 0.129 e. The average molecular weight is 198 g/mol. The topological polar surface area (TPSA) is 16.1 Å². The molecule has 1 aliphatic rings. The molecule has 1 fully saturated rings. The van der Waals surface area contributed by atoms with Gasteiger partial charge < -0.3 is 4.90 Å². The molecule has 0 amide bonds. The van der Waals surface area contributed by atoms with Gasteiger partial charge in [-0.1, -0.05) is 18.2 Å². The van der Waals surface area contributed by atoms with Crippen LogP contribution in [0.25, 0.3) is 10.9 Å². The summed E-state index contributed by atoms with van der Waals surface area (Å²) in [5.74, 6) is 1.13. The van der Waals surface area contributed by atoms with Gasteiger partial charge in [0, 0.05) is 18.5 Å². The Morgan fingerprint density at radius 3 is 2.60 bits per heavy atom.